The molecule has 3 heteroatoms. The number of hydrogen-bond acceptors (Lipinski definition) is 2. The van der Waals surface area contributed by atoms with E-state index in [2.05, 4.69) is 0 Å². The van der Waals surface area contributed by atoms with Gasteiger partial charge in [-0.3, -0.25) is 4.79 Å². The Morgan fingerprint density at radius 3 is 2.55 bits per heavy atom. The number of carbonyl (C=O) groups excluding carboxylic acids is 1. The SMILES string of the molecule is O=C1C(=Cc2ccc(F)cc2)CCc2cc(O)ccc21. The fourth-order valence-electron chi connectivity index (χ4n) is 2.46. The number of fused-ring (bicyclic) bond motifs is 1. The quantitative estimate of drug-likeness (QED) is 0.800. The summed E-state index contributed by atoms with van der Waals surface area (Å²) in [4.78, 5) is 12.4. The fraction of sp³-hybridized carbons (Fsp3) is 0.118. The number of halogens is 1. The van der Waals surface area contributed by atoms with E-state index < -0.39 is 0 Å². The summed E-state index contributed by atoms with van der Waals surface area (Å²) >= 11 is 0. The first-order valence-electron chi connectivity index (χ1n) is 6.46. The molecule has 0 saturated heterocycles. The first-order chi connectivity index (χ1) is 9.63. The van der Waals surface area contributed by atoms with E-state index in [9.17, 15) is 14.3 Å². The summed E-state index contributed by atoms with van der Waals surface area (Å²) in [6.07, 6.45) is 3.16. The molecule has 2 aromatic rings. The minimum absolute atomic E-state index is 0.0180. The molecule has 1 N–H and O–H groups in total. The first kappa shape index (κ1) is 12.6. The molecule has 2 aromatic carbocycles. The fourth-order valence-corrected chi connectivity index (χ4v) is 2.46. The molecule has 0 heterocycles. The lowest BCUT2D eigenvalue weighted by Crippen LogP contribution is -2.13. The Morgan fingerprint density at radius 1 is 1.05 bits per heavy atom. The number of phenolic OH excluding ortho intramolecular Hbond substituents is 1. The van der Waals surface area contributed by atoms with Crippen molar-refractivity contribution in [3.05, 3.63) is 70.5 Å². The van der Waals surface area contributed by atoms with Gasteiger partial charge in [-0.2, -0.15) is 0 Å². The summed E-state index contributed by atoms with van der Waals surface area (Å²) in [7, 11) is 0. The Labute approximate surface area is 116 Å². The molecule has 0 spiro atoms. The molecule has 0 saturated carbocycles. The van der Waals surface area contributed by atoms with Crippen molar-refractivity contribution in [2.45, 2.75) is 12.8 Å². The van der Waals surface area contributed by atoms with Crippen LogP contribution < -0.4 is 0 Å². The third kappa shape index (κ3) is 2.35. The highest BCUT2D eigenvalue weighted by molar-refractivity contribution is 6.13. The summed E-state index contributed by atoms with van der Waals surface area (Å²) in [5.41, 5.74) is 3.06. The van der Waals surface area contributed by atoms with Gasteiger partial charge in [0, 0.05) is 11.1 Å². The lowest BCUT2D eigenvalue weighted by Gasteiger charge is -2.17. The molecule has 100 valence electrons. The van der Waals surface area contributed by atoms with E-state index in [1.54, 1.807) is 30.3 Å². The third-order valence-corrected chi connectivity index (χ3v) is 3.50. The Hall–Kier alpha value is -2.42. The number of ketones is 1. The highest BCUT2D eigenvalue weighted by Gasteiger charge is 2.21. The van der Waals surface area contributed by atoms with Gasteiger partial charge < -0.3 is 5.11 Å². The van der Waals surface area contributed by atoms with E-state index in [4.69, 9.17) is 0 Å². The third-order valence-electron chi connectivity index (χ3n) is 3.50. The van der Waals surface area contributed by atoms with Crippen molar-refractivity contribution < 1.29 is 14.3 Å². The van der Waals surface area contributed by atoms with Gasteiger partial charge in [-0.05, 0) is 60.4 Å². The standard InChI is InChI=1S/C17H13FO2/c18-14-5-1-11(2-6-14)9-13-4-3-12-10-15(19)7-8-16(12)17(13)20/h1-2,5-10,19H,3-4H2. The largest absolute Gasteiger partial charge is 0.508 e. The van der Waals surface area contributed by atoms with Crippen LogP contribution in [0, 0.1) is 5.82 Å². The maximum Gasteiger partial charge on any atom is 0.189 e. The molecular formula is C17H13FO2. The van der Waals surface area contributed by atoms with Crippen LogP contribution in [-0.4, -0.2) is 10.9 Å². The van der Waals surface area contributed by atoms with Gasteiger partial charge in [-0.15, -0.1) is 0 Å². The van der Waals surface area contributed by atoms with Gasteiger partial charge >= 0.3 is 0 Å². The molecule has 20 heavy (non-hydrogen) atoms. The molecule has 3 rings (SSSR count). The van der Waals surface area contributed by atoms with Crippen LogP contribution >= 0.6 is 0 Å². The number of aromatic hydroxyl groups is 1. The maximum absolute atomic E-state index is 12.9. The topological polar surface area (TPSA) is 37.3 Å². The molecule has 0 aliphatic heterocycles. The molecule has 0 unspecified atom stereocenters. The van der Waals surface area contributed by atoms with Gasteiger partial charge in [0.25, 0.3) is 0 Å². The lowest BCUT2D eigenvalue weighted by atomic mass is 9.86. The van der Waals surface area contributed by atoms with Crippen LogP contribution in [0.5, 0.6) is 5.75 Å². The van der Waals surface area contributed by atoms with E-state index in [0.29, 0.717) is 12.0 Å². The van der Waals surface area contributed by atoms with E-state index in [1.807, 2.05) is 0 Å². The predicted octanol–water partition coefficient (Wildman–Crippen LogP) is 3.74. The lowest BCUT2D eigenvalue weighted by molar-refractivity contribution is 0.102. The van der Waals surface area contributed by atoms with Gasteiger partial charge in [-0.25, -0.2) is 4.39 Å². The molecule has 0 atom stereocenters. The van der Waals surface area contributed by atoms with Crippen LogP contribution in [0.3, 0.4) is 0 Å². The van der Waals surface area contributed by atoms with Gasteiger partial charge in [-0.1, -0.05) is 12.1 Å². The Morgan fingerprint density at radius 2 is 1.80 bits per heavy atom. The van der Waals surface area contributed by atoms with E-state index in [0.717, 1.165) is 23.1 Å². The molecule has 0 fully saturated rings. The number of phenols is 1. The van der Waals surface area contributed by atoms with Crippen molar-refractivity contribution in [2.75, 3.05) is 0 Å². The van der Waals surface area contributed by atoms with E-state index >= 15 is 0 Å². The van der Waals surface area contributed by atoms with E-state index in [-0.39, 0.29) is 17.3 Å². The second-order valence-corrected chi connectivity index (χ2v) is 4.89. The second-order valence-electron chi connectivity index (χ2n) is 4.89. The van der Waals surface area contributed by atoms with Crippen molar-refractivity contribution in [3.63, 3.8) is 0 Å². The minimum Gasteiger partial charge on any atom is -0.508 e. The number of benzene rings is 2. The summed E-state index contributed by atoms with van der Waals surface area (Å²) in [6.45, 7) is 0. The van der Waals surface area contributed by atoms with Crippen LogP contribution in [0.2, 0.25) is 0 Å². The van der Waals surface area contributed by atoms with Gasteiger partial charge in [0.15, 0.2) is 5.78 Å². The number of carbonyl (C=O) groups is 1. The summed E-state index contributed by atoms with van der Waals surface area (Å²) in [5.74, 6) is -0.124. The van der Waals surface area contributed by atoms with Crippen molar-refractivity contribution in [1.82, 2.24) is 0 Å². The van der Waals surface area contributed by atoms with E-state index in [1.165, 1.54) is 18.2 Å². The molecule has 0 amide bonds. The zero-order chi connectivity index (χ0) is 14.1. The van der Waals surface area contributed by atoms with Crippen molar-refractivity contribution >= 4 is 11.9 Å². The number of hydrogen-bond donors (Lipinski definition) is 1. The molecular weight excluding hydrogens is 255 g/mol. The van der Waals surface area contributed by atoms with Crippen LogP contribution in [0.25, 0.3) is 6.08 Å². The highest BCUT2D eigenvalue weighted by atomic mass is 19.1. The molecule has 0 bridgehead atoms. The predicted molar refractivity (Wildman–Crippen MR) is 75.1 cm³/mol. The summed E-state index contributed by atoms with van der Waals surface area (Å²) in [6, 6.07) is 10.9. The van der Waals surface area contributed by atoms with Gasteiger partial charge in [0.05, 0.1) is 0 Å². The zero-order valence-electron chi connectivity index (χ0n) is 10.8. The Kier molecular flexibility index (Phi) is 3.11. The molecule has 1 aliphatic rings. The number of Topliss-reactive ketones (excluding diaryl/α,β-unsaturated/α-hetero) is 1. The van der Waals surface area contributed by atoms with Crippen LogP contribution in [0.4, 0.5) is 4.39 Å². The number of aryl methyl sites for hydroxylation is 1. The van der Waals surface area contributed by atoms with Crippen LogP contribution in [-0.2, 0) is 6.42 Å². The minimum atomic E-state index is -0.289. The van der Waals surface area contributed by atoms with Gasteiger partial charge in [0.2, 0.25) is 0 Å². The molecule has 0 radical (unpaired) electrons. The maximum atomic E-state index is 12.9. The summed E-state index contributed by atoms with van der Waals surface area (Å²) < 4.78 is 12.9. The average molecular weight is 268 g/mol. The van der Waals surface area contributed by atoms with Crippen LogP contribution in [0.15, 0.2) is 48.0 Å². The Bertz CT molecular complexity index is 699. The molecule has 0 aromatic heterocycles. The monoisotopic (exact) mass is 268 g/mol. The van der Waals surface area contributed by atoms with Crippen molar-refractivity contribution in [1.29, 1.82) is 0 Å². The normalized spacial score (nSPS) is 16.2. The Balaban J connectivity index is 1.95. The van der Waals surface area contributed by atoms with Gasteiger partial charge in [0.1, 0.15) is 11.6 Å². The first-order valence-corrected chi connectivity index (χ1v) is 6.46. The van der Waals surface area contributed by atoms with Crippen LogP contribution in [0.1, 0.15) is 27.9 Å². The zero-order valence-corrected chi connectivity index (χ0v) is 10.8. The highest BCUT2D eigenvalue weighted by Crippen LogP contribution is 2.29. The summed E-state index contributed by atoms with van der Waals surface area (Å²) in [5, 5.41) is 9.44. The smallest absolute Gasteiger partial charge is 0.189 e. The van der Waals surface area contributed by atoms with Crippen molar-refractivity contribution in [3.8, 4) is 5.75 Å². The number of rotatable bonds is 1. The molecule has 1 aliphatic carbocycles. The second kappa shape index (κ2) is 4.93. The molecule has 2 nitrogen and oxygen atoms in total. The van der Waals surface area contributed by atoms with Crippen molar-refractivity contribution in [2.24, 2.45) is 0 Å². The number of allylic oxidation sites excluding steroid dienone is 1. The average Bonchev–Trinajstić information content (AvgIpc) is 2.44.